The zero-order valence-corrected chi connectivity index (χ0v) is 17.6. The third kappa shape index (κ3) is 3.94. The van der Waals surface area contributed by atoms with Crippen LogP contribution in [0.3, 0.4) is 0 Å². The van der Waals surface area contributed by atoms with Crippen LogP contribution in [-0.4, -0.2) is 49.5 Å². The molecule has 0 bridgehead atoms. The fourth-order valence-corrected chi connectivity index (χ4v) is 4.33. The lowest BCUT2D eigenvalue weighted by Gasteiger charge is -2.24. The summed E-state index contributed by atoms with van der Waals surface area (Å²) >= 11 is -1.07. The second-order valence-electron chi connectivity index (χ2n) is 6.77. The van der Waals surface area contributed by atoms with Crippen LogP contribution in [0.1, 0.15) is 21.8 Å². The third-order valence-corrected chi connectivity index (χ3v) is 6.20. The van der Waals surface area contributed by atoms with Crippen molar-refractivity contribution in [2.75, 3.05) is 12.3 Å². The number of aryl methyl sites for hydroxylation is 1. The number of rotatable bonds is 5. The average molecular weight is 428 g/mol. The van der Waals surface area contributed by atoms with Crippen molar-refractivity contribution in [1.29, 1.82) is 0 Å². The van der Waals surface area contributed by atoms with Crippen LogP contribution in [0.4, 0.5) is 0 Å². The molecule has 1 aliphatic heterocycles. The molecule has 0 saturated carbocycles. The van der Waals surface area contributed by atoms with Gasteiger partial charge in [-0.05, 0) is 18.7 Å². The number of hydrogen-bond donors (Lipinski definition) is 0. The summed E-state index contributed by atoms with van der Waals surface area (Å²) in [5, 5.41) is 11.4. The first kappa shape index (κ1) is 19.8. The molecule has 10 heteroatoms. The molecule has 4 rings (SSSR count). The molecule has 0 N–H and O–H groups in total. The van der Waals surface area contributed by atoms with E-state index in [4.69, 9.17) is 9.26 Å². The van der Waals surface area contributed by atoms with E-state index in [9.17, 15) is 14.4 Å². The summed E-state index contributed by atoms with van der Waals surface area (Å²) < 4.78 is 11.0. The van der Waals surface area contributed by atoms with Crippen LogP contribution < -0.4 is 4.74 Å². The molecule has 1 fully saturated rings. The molecule has 2 amide bonds. The van der Waals surface area contributed by atoms with E-state index in [-0.39, 0.29) is 24.7 Å². The molecule has 9 nitrogen and oxygen atoms in total. The predicted molar refractivity (Wildman–Crippen MR) is 112 cm³/mol. The third-order valence-electron chi connectivity index (χ3n) is 4.77. The molecule has 0 radical (unpaired) electrons. The van der Waals surface area contributed by atoms with Gasteiger partial charge in [-0.15, -0.1) is 10.2 Å². The first-order chi connectivity index (χ1) is 14.5. The Morgan fingerprint density at radius 2 is 1.97 bits per heavy atom. The van der Waals surface area contributed by atoms with Gasteiger partial charge >= 0.3 is 5.91 Å². The number of hydrogen-bond acceptors (Lipinski definition) is 8. The van der Waals surface area contributed by atoms with Gasteiger partial charge in [0.05, 0.1) is 5.56 Å². The lowest BCUT2D eigenvalue weighted by atomic mass is 10.1. The van der Waals surface area contributed by atoms with Crippen molar-refractivity contribution in [2.45, 2.75) is 13.5 Å². The quantitative estimate of drug-likeness (QED) is 0.440. The summed E-state index contributed by atoms with van der Waals surface area (Å²) in [5.41, 5.74) is 2.36. The van der Waals surface area contributed by atoms with Gasteiger partial charge in [-0.2, -0.15) is 0 Å². The lowest BCUT2D eigenvalue weighted by molar-refractivity contribution is -0.138. The monoisotopic (exact) mass is 428 g/mol. The number of amides is 2. The van der Waals surface area contributed by atoms with Crippen molar-refractivity contribution in [3.05, 3.63) is 59.5 Å². The fourth-order valence-electron chi connectivity index (χ4n) is 3.13. The first-order valence-corrected chi connectivity index (χ1v) is 11.1. The molecule has 0 unspecified atom stereocenters. The largest absolute Gasteiger partial charge is 0.472 e. The maximum Gasteiger partial charge on any atom is 0.304 e. The predicted octanol–water partition coefficient (Wildman–Crippen LogP) is 1.19. The highest BCUT2D eigenvalue weighted by Crippen LogP contribution is 2.26. The van der Waals surface area contributed by atoms with Gasteiger partial charge in [-0.3, -0.25) is 19.3 Å². The van der Waals surface area contributed by atoms with Crippen molar-refractivity contribution in [2.24, 2.45) is 0 Å². The van der Waals surface area contributed by atoms with E-state index in [2.05, 4.69) is 15.4 Å². The Hall–Kier alpha value is -3.53. The zero-order valence-electron chi connectivity index (χ0n) is 16.2. The second-order valence-corrected chi connectivity index (χ2v) is 8.62. The number of aromatic nitrogens is 3. The number of carbonyl (C=O) groups excluding carboxylic acids is 3. The molecule has 3 heterocycles. The standard InChI is InChI=1S/C20H20N4O5S/c1-12-14(17(23-29-12)13-5-3-2-4-6-13)11-28-16-8-7-15(21-22-16)18(25)24-9-10-30-20(27)19(24)26/h2-8H,9-11H2,1H3,30H4. The molecule has 156 valence electrons. The van der Waals surface area contributed by atoms with E-state index in [0.29, 0.717) is 17.2 Å². The van der Waals surface area contributed by atoms with Gasteiger partial charge in [0.2, 0.25) is 11.0 Å². The molecule has 2 aromatic heterocycles. The van der Waals surface area contributed by atoms with Crippen molar-refractivity contribution in [3.63, 3.8) is 0 Å². The number of ether oxygens (including phenoxy) is 1. The maximum atomic E-state index is 12.5. The lowest BCUT2D eigenvalue weighted by Crippen LogP contribution is -2.45. The molecular weight excluding hydrogens is 408 g/mol. The van der Waals surface area contributed by atoms with Crippen LogP contribution >= 0.6 is 11.8 Å². The van der Waals surface area contributed by atoms with Gasteiger partial charge in [-0.1, -0.05) is 35.5 Å². The number of imide groups is 1. The minimum atomic E-state index is -1.07. The zero-order chi connectivity index (χ0) is 21.1. The topological polar surface area (TPSA) is 115 Å². The van der Waals surface area contributed by atoms with E-state index in [0.717, 1.165) is 16.0 Å². The number of benzene rings is 1. The molecule has 1 aromatic carbocycles. The Balaban J connectivity index is 1.45. The van der Waals surface area contributed by atoms with Crippen LogP contribution in [0.5, 0.6) is 5.88 Å². The minimum Gasteiger partial charge on any atom is -0.472 e. The average Bonchev–Trinajstić information content (AvgIpc) is 3.15. The van der Waals surface area contributed by atoms with Crippen molar-refractivity contribution < 1.29 is 23.6 Å². The normalized spacial score (nSPS) is 14.4. The summed E-state index contributed by atoms with van der Waals surface area (Å²) in [6, 6.07) is 12.5. The van der Waals surface area contributed by atoms with E-state index in [1.807, 2.05) is 30.3 Å². The van der Waals surface area contributed by atoms with Crippen LogP contribution in [0.15, 0.2) is 47.0 Å². The van der Waals surface area contributed by atoms with Gasteiger partial charge in [0, 0.05) is 18.2 Å². The van der Waals surface area contributed by atoms with Crippen LogP contribution in [-0.2, 0) is 16.2 Å². The Kier molecular flexibility index (Phi) is 5.57. The highest BCUT2D eigenvalue weighted by Gasteiger charge is 2.31. The molecule has 30 heavy (non-hydrogen) atoms. The van der Waals surface area contributed by atoms with E-state index in [1.54, 1.807) is 6.92 Å². The Bertz CT molecular complexity index is 1100. The van der Waals surface area contributed by atoms with Crippen LogP contribution in [0, 0.1) is 6.92 Å². The number of nitrogens with zero attached hydrogens (tertiary/aromatic N) is 4. The van der Waals surface area contributed by atoms with Crippen molar-refractivity contribution >= 4 is 28.7 Å². The molecule has 0 aliphatic carbocycles. The van der Waals surface area contributed by atoms with Crippen molar-refractivity contribution in [3.8, 4) is 17.1 Å². The number of carbonyl (C=O) groups is 3. The highest BCUT2D eigenvalue weighted by molar-refractivity contribution is 8.15. The first-order valence-electron chi connectivity index (χ1n) is 9.40. The molecule has 1 saturated heterocycles. The van der Waals surface area contributed by atoms with Gasteiger partial charge in [0.25, 0.3) is 5.91 Å². The van der Waals surface area contributed by atoms with Crippen LogP contribution in [0.25, 0.3) is 11.3 Å². The van der Waals surface area contributed by atoms with Crippen molar-refractivity contribution in [1.82, 2.24) is 20.3 Å². The van der Waals surface area contributed by atoms with Gasteiger partial charge < -0.3 is 9.26 Å². The SMILES string of the molecule is Cc1onc(-c2ccccc2)c1COc1ccc(C(=O)N2CC[SH4]C(=O)C2=O)nn1. The van der Waals surface area contributed by atoms with E-state index >= 15 is 0 Å². The molecule has 0 spiro atoms. The Labute approximate surface area is 175 Å². The van der Waals surface area contributed by atoms with E-state index < -0.39 is 28.7 Å². The van der Waals surface area contributed by atoms with Gasteiger partial charge in [0.15, 0.2) is 5.69 Å². The molecule has 1 aliphatic rings. The smallest absolute Gasteiger partial charge is 0.304 e. The van der Waals surface area contributed by atoms with Crippen LogP contribution in [0.2, 0.25) is 0 Å². The van der Waals surface area contributed by atoms with Gasteiger partial charge in [0.1, 0.15) is 18.1 Å². The maximum absolute atomic E-state index is 12.5. The van der Waals surface area contributed by atoms with E-state index in [1.165, 1.54) is 12.1 Å². The highest BCUT2D eigenvalue weighted by atomic mass is 32.2. The summed E-state index contributed by atoms with van der Waals surface area (Å²) in [6.45, 7) is 2.21. The Morgan fingerprint density at radius 1 is 1.17 bits per heavy atom. The second kappa shape index (κ2) is 8.46. The summed E-state index contributed by atoms with van der Waals surface area (Å²) in [6.07, 6.45) is 0. The Morgan fingerprint density at radius 3 is 2.70 bits per heavy atom. The summed E-state index contributed by atoms with van der Waals surface area (Å²) in [4.78, 5) is 36.9. The minimum absolute atomic E-state index is 0.0156. The molecular formula is C20H20N4O5S. The van der Waals surface area contributed by atoms with Gasteiger partial charge in [-0.25, -0.2) is 11.8 Å². The molecule has 0 atom stereocenters. The summed E-state index contributed by atoms with van der Waals surface area (Å²) in [7, 11) is 0. The fraction of sp³-hybridized carbons (Fsp3) is 0.200. The summed E-state index contributed by atoms with van der Waals surface area (Å²) in [5.74, 6) is 0.0658. The molecule has 3 aromatic rings.